The fraction of sp³-hybridized carbons (Fsp3) is 0.138. The first-order chi connectivity index (χ1) is 17.3. The van der Waals surface area contributed by atoms with Gasteiger partial charge in [0, 0.05) is 11.6 Å². The van der Waals surface area contributed by atoms with Crippen molar-refractivity contribution in [2.75, 3.05) is 10.8 Å². The lowest BCUT2D eigenvalue weighted by molar-refractivity contribution is -0.119. The van der Waals surface area contributed by atoms with E-state index in [1.807, 2.05) is 61.5 Å². The summed E-state index contributed by atoms with van der Waals surface area (Å²) in [6, 6.07) is 29.4. The summed E-state index contributed by atoms with van der Waals surface area (Å²) in [6.07, 6.45) is 0. The minimum Gasteiger partial charge on any atom is -0.350 e. The summed E-state index contributed by atoms with van der Waals surface area (Å²) in [6.45, 7) is 3.51. The predicted octanol–water partition coefficient (Wildman–Crippen LogP) is 6.14. The summed E-state index contributed by atoms with van der Waals surface area (Å²) in [5, 5.41) is 3.29. The normalized spacial score (nSPS) is 11.2. The Hall–Kier alpha value is -3.61. The second-order valence-corrected chi connectivity index (χ2v) is 10.8. The Labute approximate surface area is 217 Å². The van der Waals surface area contributed by atoms with E-state index >= 15 is 0 Å². The predicted molar refractivity (Wildman–Crippen MR) is 146 cm³/mol. The van der Waals surface area contributed by atoms with E-state index in [0.717, 1.165) is 26.6 Å². The number of nitrogens with one attached hydrogen (secondary N) is 1. The maximum Gasteiger partial charge on any atom is 0.264 e. The highest BCUT2D eigenvalue weighted by Crippen LogP contribution is 2.31. The first kappa shape index (κ1) is 25.5. The van der Waals surface area contributed by atoms with Gasteiger partial charge in [-0.25, -0.2) is 8.42 Å². The summed E-state index contributed by atoms with van der Waals surface area (Å²) in [4.78, 5) is 13.1. The van der Waals surface area contributed by atoms with E-state index in [1.54, 1.807) is 49.4 Å². The number of rotatable bonds is 8. The van der Waals surface area contributed by atoms with Crippen molar-refractivity contribution in [1.82, 2.24) is 5.32 Å². The molecule has 1 N–H and O–H groups in total. The molecule has 4 aromatic carbocycles. The molecule has 0 bridgehead atoms. The van der Waals surface area contributed by atoms with Gasteiger partial charge in [0.2, 0.25) is 5.91 Å². The molecule has 0 radical (unpaired) electrons. The zero-order valence-corrected chi connectivity index (χ0v) is 21.7. The number of aryl methyl sites for hydroxylation is 1. The third-order valence-corrected chi connectivity index (χ3v) is 8.11. The quantitative estimate of drug-likeness (QED) is 0.305. The molecule has 0 saturated heterocycles. The number of anilines is 1. The van der Waals surface area contributed by atoms with E-state index in [1.165, 1.54) is 0 Å². The largest absolute Gasteiger partial charge is 0.350 e. The van der Waals surface area contributed by atoms with Crippen LogP contribution < -0.4 is 9.62 Å². The Kier molecular flexibility index (Phi) is 7.77. The van der Waals surface area contributed by atoms with Crippen LogP contribution in [0.1, 0.15) is 16.7 Å². The summed E-state index contributed by atoms with van der Waals surface area (Å²) in [5.74, 6) is -0.421. The number of halogens is 1. The smallest absolute Gasteiger partial charge is 0.264 e. The summed E-state index contributed by atoms with van der Waals surface area (Å²) in [7, 11) is -4.02. The topological polar surface area (TPSA) is 66.5 Å². The molecule has 0 spiro atoms. The van der Waals surface area contributed by atoms with E-state index in [4.69, 9.17) is 11.6 Å². The first-order valence-electron chi connectivity index (χ1n) is 11.5. The molecule has 0 fully saturated rings. The standard InChI is InChI=1S/C29H27ClN2O3S/c1-21-14-16-26(17-15-21)36(34,35)32(28-13-7-12-27(30)22(28)2)20-29(33)31-19-23-8-6-11-25(18-23)24-9-4-3-5-10-24/h3-18H,19-20H2,1-2H3,(H,31,33). The Morgan fingerprint density at radius 2 is 1.50 bits per heavy atom. The monoisotopic (exact) mass is 518 g/mol. The SMILES string of the molecule is Cc1ccc(S(=O)(=O)N(CC(=O)NCc2cccc(-c3ccccc3)c2)c2cccc(Cl)c2C)cc1. The summed E-state index contributed by atoms with van der Waals surface area (Å²) >= 11 is 6.30. The second-order valence-electron chi connectivity index (χ2n) is 8.55. The molecule has 36 heavy (non-hydrogen) atoms. The van der Waals surface area contributed by atoms with Gasteiger partial charge in [-0.05, 0) is 66.4 Å². The van der Waals surface area contributed by atoms with E-state index in [0.29, 0.717) is 16.3 Å². The molecule has 1 amide bonds. The van der Waals surface area contributed by atoms with Gasteiger partial charge >= 0.3 is 0 Å². The lowest BCUT2D eigenvalue weighted by atomic mass is 10.0. The van der Waals surface area contributed by atoms with Gasteiger partial charge in [-0.3, -0.25) is 9.10 Å². The third-order valence-electron chi connectivity index (χ3n) is 5.93. The number of hydrogen-bond donors (Lipinski definition) is 1. The molecule has 0 atom stereocenters. The maximum atomic E-state index is 13.6. The van der Waals surface area contributed by atoms with Crippen molar-refractivity contribution >= 4 is 33.2 Å². The van der Waals surface area contributed by atoms with Gasteiger partial charge in [0.25, 0.3) is 10.0 Å². The third kappa shape index (κ3) is 5.78. The van der Waals surface area contributed by atoms with Gasteiger partial charge in [0.15, 0.2) is 0 Å². The molecule has 0 aliphatic heterocycles. The second kappa shape index (κ2) is 11.0. The van der Waals surface area contributed by atoms with Crippen molar-refractivity contribution in [2.45, 2.75) is 25.3 Å². The van der Waals surface area contributed by atoms with Crippen molar-refractivity contribution in [1.29, 1.82) is 0 Å². The number of amides is 1. The van der Waals surface area contributed by atoms with Crippen LogP contribution in [0.25, 0.3) is 11.1 Å². The Morgan fingerprint density at radius 1 is 0.833 bits per heavy atom. The Balaban J connectivity index is 1.57. The molecule has 4 aromatic rings. The highest BCUT2D eigenvalue weighted by molar-refractivity contribution is 7.92. The van der Waals surface area contributed by atoms with E-state index in [-0.39, 0.29) is 18.0 Å². The molecule has 0 aromatic heterocycles. The number of benzene rings is 4. The molecule has 4 rings (SSSR count). The van der Waals surface area contributed by atoms with Crippen LogP contribution in [-0.2, 0) is 21.4 Å². The maximum absolute atomic E-state index is 13.6. The van der Waals surface area contributed by atoms with Crippen LogP contribution in [-0.4, -0.2) is 20.9 Å². The van der Waals surface area contributed by atoms with E-state index < -0.39 is 15.9 Å². The molecule has 0 saturated carbocycles. The molecule has 5 nitrogen and oxygen atoms in total. The van der Waals surface area contributed by atoms with Crippen molar-refractivity contribution in [3.8, 4) is 11.1 Å². The molecule has 184 valence electrons. The van der Waals surface area contributed by atoms with Gasteiger partial charge in [0.05, 0.1) is 10.6 Å². The fourth-order valence-corrected chi connectivity index (χ4v) is 5.53. The van der Waals surface area contributed by atoms with Crippen molar-refractivity contribution < 1.29 is 13.2 Å². The minimum atomic E-state index is -4.02. The number of nitrogens with zero attached hydrogens (tertiary/aromatic N) is 1. The van der Waals surface area contributed by atoms with E-state index in [2.05, 4.69) is 5.32 Å². The highest BCUT2D eigenvalue weighted by Gasteiger charge is 2.28. The van der Waals surface area contributed by atoms with E-state index in [9.17, 15) is 13.2 Å². The molecule has 0 heterocycles. The average molecular weight is 519 g/mol. The van der Waals surface area contributed by atoms with Crippen LogP contribution in [0.4, 0.5) is 5.69 Å². The minimum absolute atomic E-state index is 0.107. The molecular formula is C29H27ClN2O3S. The number of sulfonamides is 1. The average Bonchev–Trinajstić information content (AvgIpc) is 2.89. The zero-order valence-electron chi connectivity index (χ0n) is 20.1. The number of carbonyl (C=O) groups is 1. The summed E-state index contributed by atoms with van der Waals surface area (Å²) < 4.78 is 28.4. The Bertz CT molecular complexity index is 1470. The lowest BCUT2D eigenvalue weighted by Gasteiger charge is -2.26. The van der Waals surface area contributed by atoms with Gasteiger partial charge in [0.1, 0.15) is 6.54 Å². The molecule has 0 unspecified atom stereocenters. The zero-order chi connectivity index (χ0) is 25.7. The fourth-order valence-electron chi connectivity index (χ4n) is 3.88. The molecule has 7 heteroatoms. The van der Waals surface area contributed by atoms with Crippen molar-refractivity contribution in [2.24, 2.45) is 0 Å². The van der Waals surface area contributed by atoms with Gasteiger partial charge in [-0.1, -0.05) is 83.9 Å². The van der Waals surface area contributed by atoms with Gasteiger partial charge in [-0.2, -0.15) is 0 Å². The number of hydrogen-bond acceptors (Lipinski definition) is 3. The molecule has 0 aliphatic rings. The van der Waals surface area contributed by atoms with Crippen LogP contribution in [0.2, 0.25) is 5.02 Å². The van der Waals surface area contributed by atoms with Crippen LogP contribution in [0, 0.1) is 13.8 Å². The van der Waals surface area contributed by atoms with Crippen molar-refractivity contribution in [3.63, 3.8) is 0 Å². The van der Waals surface area contributed by atoms with Crippen LogP contribution in [0.3, 0.4) is 0 Å². The van der Waals surface area contributed by atoms with Crippen molar-refractivity contribution in [3.05, 3.63) is 119 Å². The molecular weight excluding hydrogens is 492 g/mol. The van der Waals surface area contributed by atoms with Gasteiger partial charge in [-0.15, -0.1) is 0 Å². The number of carbonyl (C=O) groups excluding carboxylic acids is 1. The molecule has 0 aliphatic carbocycles. The van der Waals surface area contributed by atoms with Gasteiger partial charge < -0.3 is 5.32 Å². The first-order valence-corrected chi connectivity index (χ1v) is 13.3. The van der Waals surface area contributed by atoms with Crippen LogP contribution in [0.15, 0.2) is 102 Å². The van der Waals surface area contributed by atoms with Crippen LogP contribution in [0.5, 0.6) is 0 Å². The Morgan fingerprint density at radius 3 is 2.22 bits per heavy atom. The summed E-state index contributed by atoms with van der Waals surface area (Å²) in [5.41, 5.74) is 4.92. The van der Waals surface area contributed by atoms with Crippen LogP contribution >= 0.6 is 11.6 Å². The highest BCUT2D eigenvalue weighted by atomic mass is 35.5. The lowest BCUT2D eigenvalue weighted by Crippen LogP contribution is -2.41.